The minimum absolute atomic E-state index is 0.909. The SMILES string of the molecule is O=[As]c1cccc2ccccc12. The van der Waals surface area contributed by atoms with Crippen LogP contribution in [-0.4, -0.2) is 15.7 Å². The van der Waals surface area contributed by atoms with Crippen LogP contribution in [0, 0.1) is 0 Å². The molecule has 2 aromatic carbocycles. The summed E-state index contributed by atoms with van der Waals surface area (Å²) >= 11 is -0.909. The van der Waals surface area contributed by atoms with E-state index in [1.165, 1.54) is 5.39 Å². The van der Waals surface area contributed by atoms with Gasteiger partial charge in [-0.25, -0.2) is 0 Å². The van der Waals surface area contributed by atoms with Crippen LogP contribution in [0.15, 0.2) is 42.5 Å². The molecule has 0 aromatic heterocycles. The van der Waals surface area contributed by atoms with E-state index < -0.39 is 15.7 Å². The Morgan fingerprint density at radius 3 is 2.50 bits per heavy atom. The van der Waals surface area contributed by atoms with Crippen LogP contribution in [0.1, 0.15) is 0 Å². The van der Waals surface area contributed by atoms with Crippen molar-refractivity contribution in [1.82, 2.24) is 0 Å². The number of rotatable bonds is 1. The summed E-state index contributed by atoms with van der Waals surface area (Å²) < 4.78 is 11.8. The van der Waals surface area contributed by atoms with Crippen LogP contribution in [0.3, 0.4) is 0 Å². The van der Waals surface area contributed by atoms with E-state index in [4.69, 9.17) is 0 Å². The van der Waals surface area contributed by atoms with Gasteiger partial charge in [0.25, 0.3) is 0 Å². The zero-order chi connectivity index (χ0) is 8.39. The molecule has 58 valence electrons. The Morgan fingerprint density at radius 2 is 1.67 bits per heavy atom. The van der Waals surface area contributed by atoms with Crippen LogP contribution in [0.5, 0.6) is 0 Å². The van der Waals surface area contributed by atoms with Crippen LogP contribution in [0.4, 0.5) is 0 Å². The van der Waals surface area contributed by atoms with Gasteiger partial charge in [0.2, 0.25) is 0 Å². The van der Waals surface area contributed by atoms with Crippen molar-refractivity contribution in [3.05, 3.63) is 42.5 Å². The molecule has 0 bridgehead atoms. The second kappa shape index (κ2) is 3.20. The molecule has 0 radical (unpaired) electrons. The van der Waals surface area contributed by atoms with E-state index in [0.29, 0.717) is 0 Å². The summed E-state index contributed by atoms with van der Waals surface area (Å²) in [6.45, 7) is 0. The first-order valence-electron chi connectivity index (χ1n) is 3.73. The molecule has 0 aliphatic heterocycles. The van der Waals surface area contributed by atoms with Crippen molar-refractivity contribution < 1.29 is 3.74 Å². The van der Waals surface area contributed by atoms with Gasteiger partial charge in [0.1, 0.15) is 0 Å². The molecule has 0 saturated heterocycles. The summed E-state index contributed by atoms with van der Waals surface area (Å²) in [6.07, 6.45) is 0. The molecule has 0 N–H and O–H groups in total. The third-order valence-electron chi connectivity index (χ3n) is 1.86. The summed E-state index contributed by atoms with van der Waals surface area (Å²) in [6, 6.07) is 13.9. The van der Waals surface area contributed by atoms with E-state index in [2.05, 4.69) is 0 Å². The van der Waals surface area contributed by atoms with E-state index in [0.717, 1.165) is 9.74 Å². The van der Waals surface area contributed by atoms with Crippen LogP contribution in [0.25, 0.3) is 10.8 Å². The van der Waals surface area contributed by atoms with E-state index in [-0.39, 0.29) is 0 Å². The predicted molar refractivity (Wildman–Crippen MR) is 50.0 cm³/mol. The molecule has 2 rings (SSSR count). The summed E-state index contributed by atoms with van der Waals surface area (Å²) in [7, 11) is 0. The standard InChI is InChI=1S/C10H7AsO/c12-11-10-7-3-5-8-4-1-2-6-9(8)10/h1-7H. The van der Waals surface area contributed by atoms with Crippen LogP contribution < -0.4 is 4.35 Å². The topological polar surface area (TPSA) is 17.1 Å². The number of fused-ring (bicyclic) bond motifs is 1. The van der Waals surface area contributed by atoms with E-state index in [1.807, 2.05) is 42.5 Å². The average Bonchev–Trinajstić information content (AvgIpc) is 2.17. The molecule has 0 spiro atoms. The fourth-order valence-corrected chi connectivity index (χ4v) is 2.23. The van der Waals surface area contributed by atoms with Crippen molar-refractivity contribution in [2.45, 2.75) is 0 Å². The molecule has 0 unspecified atom stereocenters. The third kappa shape index (κ3) is 1.21. The molecule has 1 nitrogen and oxygen atoms in total. The maximum atomic E-state index is 10.8. The van der Waals surface area contributed by atoms with Crippen LogP contribution in [0.2, 0.25) is 0 Å². The Morgan fingerprint density at radius 1 is 0.917 bits per heavy atom. The molecule has 0 atom stereocenters. The Hall–Kier alpha value is -0.942. The fourth-order valence-electron chi connectivity index (χ4n) is 1.29. The van der Waals surface area contributed by atoms with Gasteiger partial charge in [0.15, 0.2) is 0 Å². The van der Waals surface area contributed by atoms with Crippen LogP contribution >= 0.6 is 0 Å². The Kier molecular flexibility index (Phi) is 2.05. The molecule has 12 heavy (non-hydrogen) atoms. The van der Waals surface area contributed by atoms with Gasteiger partial charge in [0, 0.05) is 0 Å². The quantitative estimate of drug-likeness (QED) is 0.663. The van der Waals surface area contributed by atoms with Gasteiger partial charge in [-0.3, -0.25) is 0 Å². The van der Waals surface area contributed by atoms with E-state index in [1.54, 1.807) is 0 Å². The zero-order valence-corrected chi connectivity index (χ0v) is 8.27. The van der Waals surface area contributed by atoms with Gasteiger partial charge < -0.3 is 0 Å². The van der Waals surface area contributed by atoms with Gasteiger partial charge in [-0.1, -0.05) is 0 Å². The molecule has 0 aliphatic rings. The molecular weight excluding hydrogens is 211 g/mol. The molecular formula is C10H7AsO. The van der Waals surface area contributed by atoms with E-state index >= 15 is 0 Å². The molecule has 0 heterocycles. The fraction of sp³-hybridized carbons (Fsp3) is 0. The van der Waals surface area contributed by atoms with Gasteiger partial charge in [-0.05, 0) is 0 Å². The maximum absolute atomic E-state index is 10.8. The first-order valence-corrected chi connectivity index (χ1v) is 5.43. The summed E-state index contributed by atoms with van der Waals surface area (Å²) in [5.74, 6) is 0. The van der Waals surface area contributed by atoms with E-state index in [9.17, 15) is 3.74 Å². The first-order chi connectivity index (χ1) is 5.92. The monoisotopic (exact) mass is 218 g/mol. The molecule has 0 aliphatic carbocycles. The molecule has 2 aromatic rings. The average molecular weight is 218 g/mol. The van der Waals surface area contributed by atoms with Gasteiger partial charge >= 0.3 is 77.0 Å². The molecule has 0 saturated carbocycles. The zero-order valence-electron chi connectivity index (χ0n) is 6.40. The second-order valence-corrected chi connectivity index (χ2v) is 3.98. The normalized spacial score (nSPS) is 10.7. The predicted octanol–water partition coefficient (Wildman–Crippen LogP) is 1.51. The van der Waals surface area contributed by atoms with Crippen LogP contribution in [-0.2, 0) is 3.74 Å². The van der Waals surface area contributed by atoms with Crippen molar-refractivity contribution in [2.24, 2.45) is 0 Å². The van der Waals surface area contributed by atoms with Gasteiger partial charge in [-0.15, -0.1) is 0 Å². The molecule has 0 amide bonds. The summed E-state index contributed by atoms with van der Waals surface area (Å²) in [4.78, 5) is 0. The molecule has 2 heteroatoms. The van der Waals surface area contributed by atoms with Gasteiger partial charge in [-0.2, -0.15) is 0 Å². The first kappa shape index (κ1) is 7.69. The van der Waals surface area contributed by atoms with Crippen molar-refractivity contribution in [3.8, 4) is 0 Å². The minimum atomic E-state index is -0.909. The van der Waals surface area contributed by atoms with Crippen molar-refractivity contribution in [1.29, 1.82) is 0 Å². The summed E-state index contributed by atoms with van der Waals surface area (Å²) in [5.41, 5.74) is 0. The number of hydrogen-bond acceptors (Lipinski definition) is 1. The summed E-state index contributed by atoms with van der Waals surface area (Å²) in [5, 5.41) is 2.29. The Bertz CT molecular complexity index is 418. The number of hydrogen-bond donors (Lipinski definition) is 0. The van der Waals surface area contributed by atoms with Gasteiger partial charge in [0.05, 0.1) is 0 Å². The van der Waals surface area contributed by atoms with Crippen molar-refractivity contribution in [2.75, 3.05) is 0 Å². The molecule has 0 fully saturated rings. The Labute approximate surface area is 77.3 Å². The van der Waals surface area contributed by atoms with Crippen molar-refractivity contribution in [3.63, 3.8) is 0 Å². The van der Waals surface area contributed by atoms with Crippen molar-refractivity contribution >= 4 is 30.8 Å². The number of benzene rings is 2. The second-order valence-electron chi connectivity index (χ2n) is 2.59. The Balaban J connectivity index is 2.88. The third-order valence-corrected chi connectivity index (χ3v) is 3.10.